The maximum atomic E-state index is 11.4. The Morgan fingerprint density at radius 3 is 2.26 bits per heavy atom. The summed E-state index contributed by atoms with van der Waals surface area (Å²) in [4.78, 5) is 33.5. The van der Waals surface area contributed by atoms with Gasteiger partial charge in [0, 0.05) is 26.0 Å². The van der Waals surface area contributed by atoms with Crippen LogP contribution in [0.25, 0.3) is 0 Å². The van der Waals surface area contributed by atoms with Gasteiger partial charge in [0.25, 0.3) is 11.9 Å². The molecule has 0 heterocycles. The summed E-state index contributed by atoms with van der Waals surface area (Å²) in [7, 11) is -3.71. The molecule has 0 aromatic rings. The number of ether oxygens (including phenoxy) is 1. The van der Waals surface area contributed by atoms with Crippen LogP contribution in [0, 0.1) is 0 Å². The maximum Gasteiger partial charge on any atom is 0.676 e. The van der Waals surface area contributed by atoms with Crippen molar-refractivity contribution in [3.05, 3.63) is 12.7 Å². The molecule has 19 heavy (non-hydrogen) atoms. The van der Waals surface area contributed by atoms with Crippen LogP contribution in [0.1, 0.15) is 27.2 Å². The molecule has 0 saturated carbocycles. The number of carbonyl (C=O) groups is 3. The van der Waals surface area contributed by atoms with Crippen LogP contribution in [0.2, 0.25) is 0 Å². The Balaban J connectivity index is 4.99. The van der Waals surface area contributed by atoms with Crippen LogP contribution in [0.5, 0.6) is 0 Å². The van der Waals surface area contributed by atoms with Crippen molar-refractivity contribution in [3.8, 4) is 0 Å². The van der Waals surface area contributed by atoms with E-state index in [0.29, 0.717) is 0 Å². The zero-order valence-corrected chi connectivity index (χ0v) is 12.3. The number of hydrogen-bond donors (Lipinski definition) is 0. The fourth-order valence-electron chi connectivity index (χ4n) is 1.08. The molecular weight excluding hydrogens is 272 g/mol. The quantitative estimate of drug-likeness (QED) is 0.370. The Labute approximate surface area is 112 Å². The van der Waals surface area contributed by atoms with Gasteiger partial charge in [0.05, 0.1) is 0 Å². The highest BCUT2D eigenvalue weighted by molar-refractivity contribution is 6.64. The molecular formula is C11H18O7Si. The molecule has 108 valence electrons. The largest absolute Gasteiger partial charge is 0.676 e. The first-order valence-electron chi connectivity index (χ1n) is 5.73. The topological polar surface area (TPSA) is 88.1 Å². The molecule has 0 rings (SSSR count). The monoisotopic (exact) mass is 290 g/mol. The van der Waals surface area contributed by atoms with E-state index in [1.54, 1.807) is 13.8 Å². The fourth-order valence-corrected chi connectivity index (χ4v) is 3.13. The molecule has 1 unspecified atom stereocenters. The lowest BCUT2D eigenvalue weighted by Gasteiger charge is -2.26. The third kappa shape index (κ3) is 6.72. The van der Waals surface area contributed by atoms with Gasteiger partial charge in [-0.15, -0.1) is 0 Å². The number of carbonyl (C=O) groups excluding carboxylic acids is 3. The van der Waals surface area contributed by atoms with Gasteiger partial charge in [-0.25, -0.2) is 4.79 Å². The number of hydrogen-bond acceptors (Lipinski definition) is 7. The van der Waals surface area contributed by atoms with E-state index >= 15 is 0 Å². The molecule has 0 aromatic carbocycles. The molecule has 0 aromatic heterocycles. The van der Waals surface area contributed by atoms with Crippen molar-refractivity contribution < 1.29 is 32.4 Å². The van der Waals surface area contributed by atoms with Gasteiger partial charge in [-0.3, -0.25) is 9.59 Å². The molecule has 8 heteroatoms. The summed E-state index contributed by atoms with van der Waals surface area (Å²) >= 11 is 0. The van der Waals surface area contributed by atoms with E-state index in [1.807, 2.05) is 0 Å². The van der Waals surface area contributed by atoms with Crippen molar-refractivity contribution in [1.29, 1.82) is 0 Å². The summed E-state index contributed by atoms with van der Waals surface area (Å²) in [6.07, 6.45) is 0.593. The molecule has 0 fully saturated rings. The third-order valence-electron chi connectivity index (χ3n) is 1.78. The average Bonchev–Trinajstić information content (AvgIpc) is 2.35. The maximum absolute atomic E-state index is 11.4. The highest BCUT2D eigenvalue weighted by atomic mass is 28.4. The minimum absolute atomic E-state index is 0.0818. The van der Waals surface area contributed by atoms with Crippen molar-refractivity contribution >= 4 is 26.7 Å². The highest BCUT2D eigenvalue weighted by Gasteiger charge is 2.50. The second kappa shape index (κ2) is 8.43. The Kier molecular flexibility index (Phi) is 7.69. The predicted molar refractivity (Wildman–Crippen MR) is 66.7 cm³/mol. The molecule has 7 nitrogen and oxygen atoms in total. The molecule has 0 saturated heterocycles. The summed E-state index contributed by atoms with van der Waals surface area (Å²) < 4.78 is 20.1. The van der Waals surface area contributed by atoms with E-state index < -0.39 is 32.9 Å². The molecule has 1 atom stereocenters. The molecule has 0 N–H and O–H groups in total. The Morgan fingerprint density at radius 2 is 1.84 bits per heavy atom. The van der Waals surface area contributed by atoms with Crippen LogP contribution in [0.4, 0.5) is 0 Å². The summed E-state index contributed by atoms with van der Waals surface area (Å²) in [6, 6.07) is 0. The standard InChI is InChI=1S/C11H18O7Si/c1-5-10(13)15-8-19(16-7-3,17-9(4)12)18-11(14)6-2/h5H,1,6-8H2,2-4H3. The molecule has 0 bridgehead atoms. The first-order valence-corrected chi connectivity index (χ1v) is 7.66. The minimum Gasteiger partial charge on any atom is -0.463 e. The first kappa shape index (κ1) is 17.3. The Bertz CT molecular complexity index is 355. The van der Waals surface area contributed by atoms with E-state index in [1.165, 1.54) is 0 Å². The molecule has 0 aliphatic rings. The van der Waals surface area contributed by atoms with Gasteiger partial charge in [0.2, 0.25) is 0 Å². The van der Waals surface area contributed by atoms with Crippen LogP contribution in [0.15, 0.2) is 12.7 Å². The van der Waals surface area contributed by atoms with Crippen molar-refractivity contribution in [3.63, 3.8) is 0 Å². The smallest absolute Gasteiger partial charge is 0.463 e. The zero-order valence-electron chi connectivity index (χ0n) is 11.3. The summed E-state index contributed by atoms with van der Waals surface area (Å²) in [5, 5.41) is 0. The fraction of sp³-hybridized carbons (Fsp3) is 0.545. The Morgan fingerprint density at radius 1 is 1.21 bits per heavy atom. The van der Waals surface area contributed by atoms with Crippen molar-refractivity contribution in [2.75, 3.05) is 12.8 Å². The SMILES string of the molecule is C=CC(=O)OC[Si](OCC)(OC(C)=O)OC(=O)CC. The van der Waals surface area contributed by atoms with Gasteiger partial charge in [0.1, 0.15) is 0 Å². The van der Waals surface area contributed by atoms with Crippen LogP contribution in [-0.2, 0) is 32.4 Å². The molecule has 0 aliphatic carbocycles. The van der Waals surface area contributed by atoms with Gasteiger partial charge in [-0.2, -0.15) is 0 Å². The molecule has 0 amide bonds. The van der Waals surface area contributed by atoms with Crippen LogP contribution in [0.3, 0.4) is 0 Å². The van der Waals surface area contributed by atoms with Crippen LogP contribution >= 0.6 is 0 Å². The van der Waals surface area contributed by atoms with Gasteiger partial charge in [-0.1, -0.05) is 13.5 Å². The summed E-state index contributed by atoms with van der Waals surface area (Å²) in [5.41, 5.74) is 0. The first-order chi connectivity index (χ1) is 8.89. The van der Waals surface area contributed by atoms with Gasteiger partial charge >= 0.3 is 14.8 Å². The lowest BCUT2D eigenvalue weighted by atomic mass is 10.5. The van der Waals surface area contributed by atoms with Crippen molar-refractivity contribution in [1.82, 2.24) is 0 Å². The summed E-state index contributed by atoms with van der Waals surface area (Å²) in [5.74, 6) is -2.01. The second-order valence-electron chi connectivity index (χ2n) is 3.35. The Hall–Kier alpha value is -1.67. The van der Waals surface area contributed by atoms with Gasteiger partial charge in [0.15, 0.2) is 6.23 Å². The predicted octanol–water partition coefficient (Wildman–Crippen LogP) is 0.746. The van der Waals surface area contributed by atoms with E-state index in [-0.39, 0.29) is 13.0 Å². The van der Waals surface area contributed by atoms with E-state index in [4.69, 9.17) is 18.0 Å². The normalized spacial score (nSPS) is 13.0. The third-order valence-corrected chi connectivity index (χ3v) is 4.14. The van der Waals surface area contributed by atoms with Crippen molar-refractivity contribution in [2.45, 2.75) is 27.2 Å². The van der Waals surface area contributed by atoms with Gasteiger partial charge < -0.3 is 18.0 Å². The van der Waals surface area contributed by atoms with E-state index in [2.05, 4.69) is 6.58 Å². The minimum atomic E-state index is -3.71. The second-order valence-corrected chi connectivity index (χ2v) is 5.70. The number of esters is 1. The summed E-state index contributed by atoms with van der Waals surface area (Å²) in [6.45, 7) is 7.74. The average molecular weight is 290 g/mol. The highest BCUT2D eigenvalue weighted by Crippen LogP contribution is 2.13. The zero-order chi connectivity index (χ0) is 14.9. The van der Waals surface area contributed by atoms with Gasteiger partial charge in [-0.05, 0) is 6.92 Å². The van der Waals surface area contributed by atoms with Crippen molar-refractivity contribution in [2.24, 2.45) is 0 Å². The van der Waals surface area contributed by atoms with E-state index in [9.17, 15) is 14.4 Å². The van der Waals surface area contributed by atoms with E-state index in [0.717, 1.165) is 13.0 Å². The molecule has 0 spiro atoms. The molecule has 0 aliphatic heterocycles. The van der Waals surface area contributed by atoms with Crippen LogP contribution < -0.4 is 0 Å². The lowest BCUT2D eigenvalue weighted by Crippen LogP contribution is -2.53. The van der Waals surface area contributed by atoms with Crippen LogP contribution in [-0.4, -0.2) is 39.5 Å². The molecule has 0 radical (unpaired) electrons. The number of rotatable bonds is 8. The lowest BCUT2D eigenvalue weighted by molar-refractivity contribution is -0.149.